The van der Waals surface area contributed by atoms with Crippen LogP contribution in [-0.4, -0.2) is 30.4 Å². The molecule has 3 nitrogen and oxygen atoms in total. The summed E-state index contributed by atoms with van der Waals surface area (Å²) in [5.74, 6) is 2.18. The largest absolute Gasteiger partial charge is 0.333 e. The molecule has 3 fully saturated rings. The average molecular weight is 312 g/mol. The number of nitrogens with zero attached hydrogens (tertiary/aromatic N) is 1. The fourth-order valence-electron chi connectivity index (χ4n) is 4.79. The molecule has 0 radical (unpaired) electrons. The van der Waals surface area contributed by atoms with Gasteiger partial charge in [0.05, 0.1) is 6.04 Å². The van der Waals surface area contributed by atoms with Crippen LogP contribution in [0.5, 0.6) is 0 Å². The maximum absolute atomic E-state index is 13.1. The number of amides is 1. The van der Waals surface area contributed by atoms with Gasteiger partial charge >= 0.3 is 0 Å². The van der Waals surface area contributed by atoms with Crippen LogP contribution in [0.25, 0.3) is 0 Å². The Hall–Kier alpha value is -1.35. The zero-order chi connectivity index (χ0) is 15.8. The van der Waals surface area contributed by atoms with E-state index in [1.807, 2.05) is 0 Å². The summed E-state index contributed by atoms with van der Waals surface area (Å²) in [6, 6.07) is 9.07. The Balaban J connectivity index is 1.52. The zero-order valence-corrected chi connectivity index (χ0v) is 14.1. The van der Waals surface area contributed by atoms with Gasteiger partial charge in [0.15, 0.2) is 0 Å². The Morgan fingerprint density at radius 3 is 2.52 bits per heavy atom. The number of carbonyl (C=O) groups excluding carboxylic acids is 1. The van der Waals surface area contributed by atoms with E-state index in [-0.39, 0.29) is 6.04 Å². The van der Waals surface area contributed by atoms with Crippen molar-refractivity contribution in [3.8, 4) is 0 Å². The fraction of sp³-hybridized carbons (Fsp3) is 0.650. The van der Waals surface area contributed by atoms with Crippen LogP contribution in [0.4, 0.5) is 0 Å². The molecule has 2 aliphatic carbocycles. The van der Waals surface area contributed by atoms with E-state index in [9.17, 15) is 4.79 Å². The topological polar surface area (TPSA) is 32.3 Å². The van der Waals surface area contributed by atoms with Crippen LogP contribution in [0, 0.1) is 17.8 Å². The Bertz CT molecular complexity index is 556. The molecule has 1 N–H and O–H groups in total. The molecule has 3 heteroatoms. The molecule has 1 aromatic rings. The maximum Gasteiger partial charge on any atom is 0.226 e. The number of hydrogen-bond donors (Lipinski definition) is 1. The summed E-state index contributed by atoms with van der Waals surface area (Å²) in [7, 11) is 0. The first-order valence-electron chi connectivity index (χ1n) is 9.39. The third kappa shape index (κ3) is 2.80. The summed E-state index contributed by atoms with van der Waals surface area (Å²) in [5, 5.41) is 3.47. The van der Waals surface area contributed by atoms with Gasteiger partial charge in [0, 0.05) is 25.6 Å². The SMILES string of the molecule is CCc1ccc(C2CNCCN2C(=O)C2C3CCCCC32)cc1. The molecule has 1 amide bonds. The molecule has 0 aromatic heterocycles. The van der Waals surface area contributed by atoms with E-state index in [0.717, 1.165) is 26.1 Å². The predicted molar refractivity (Wildman–Crippen MR) is 92.1 cm³/mol. The van der Waals surface area contributed by atoms with E-state index in [4.69, 9.17) is 0 Å². The highest BCUT2D eigenvalue weighted by Crippen LogP contribution is 2.56. The second-order valence-electron chi connectivity index (χ2n) is 7.48. The number of aryl methyl sites for hydroxylation is 1. The number of carbonyl (C=O) groups is 1. The lowest BCUT2D eigenvalue weighted by Gasteiger charge is -2.37. The molecule has 23 heavy (non-hydrogen) atoms. The zero-order valence-electron chi connectivity index (χ0n) is 14.1. The monoisotopic (exact) mass is 312 g/mol. The highest BCUT2D eigenvalue weighted by atomic mass is 16.2. The Labute approximate surface area is 139 Å². The van der Waals surface area contributed by atoms with Crippen molar-refractivity contribution in [3.63, 3.8) is 0 Å². The molecule has 3 atom stereocenters. The number of hydrogen-bond acceptors (Lipinski definition) is 2. The van der Waals surface area contributed by atoms with Gasteiger partial charge in [-0.05, 0) is 42.2 Å². The Morgan fingerprint density at radius 2 is 1.87 bits per heavy atom. The first-order chi connectivity index (χ1) is 11.3. The molecule has 0 bridgehead atoms. The lowest BCUT2D eigenvalue weighted by molar-refractivity contribution is -0.136. The lowest BCUT2D eigenvalue weighted by atomic mass is 10.00. The molecule has 0 spiro atoms. The van der Waals surface area contributed by atoms with Crippen LogP contribution < -0.4 is 5.32 Å². The predicted octanol–water partition coefficient (Wildman–Crippen LogP) is 3.16. The van der Waals surface area contributed by atoms with Crippen LogP contribution in [-0.2, 0) is 11.2 Å². The van der Waals surface area contributed by atoms with E-state index in [2.05, 4.69) is 41.4 Å². The molecule has 2 saturated carbocycles. The summed E-state index contributed by atoms with van der Waals surface area (Å²) < 4.78 is 0. The molecule has 124 valence electrons. The summed E-state index contributed by atoms with van der Waals surface area (Å²) in [6.45, 7) is 4.85. The summed E-state index contributed by atoms with van der Waals surface area (Å²) in [6.07, 6.45) is 6.28. The van der Waals surface area contributed by atoms with Gasteiger partial charge < -0.3 is 10.2 Å². The number of fused-ring (bicyclic) bond motifs is 1. The van der Waals surface area contributed by atoms with Gasteiger partial charge in [-0.25, -0.2) is 0 Å². The lowest BCUT2D eigenvalue weighted by Crippen LogP contribution is -2.49. The van der Waals surface area contributed by atoms with Crippen molar-refractivity contribution >= 4 is 5.91 Å². The van der Waals surface area contributed by atoms with Gasteiger partial charge in [0.25, 0.3) is 0 Å². The van der Waals surface area contributed by atoms with Crippen molar-refractivity contribution in [2.75, 3.05) is 19.6 Å². The van der Waals surface area contributed by atoms with Crippen molar-refractivity contribution in [1.29, 1.82) is 0 Å². The number of nitrogens with one attached hydrogen (secondary N) is 1. The minimum Gasteiger partial charge on any atom is -0.333 e. The van der Waals surface area contributed by atoms with Gasteiger partial charge in [-0.1, -0.05) is 44.0 Å². The van der Waals surface area contributed by atoms with Gasteiger partial charge in [-0.3, -0.25) is 4.79 Å². The Kier molecular flexibility index (Phi) is 4.14. The van der Waals surface area contributed by atoms with Gasteiger partial charge in [0.1, 0.15) is 0 Å². The van der Waals surface area contributed by atoms with Gasteiger partial charge in [-0.15, -0.1) is 0 Å². The molecule has 3 aliphatic rings. The second kappa shape index (κ2) is 6.27. The van der Waals surface area contributed by atoms with Crippen molar-refractivity contribution in [3.05, 3.63) is 35.4 Å². The quantitative estimate of drug-likeness (QED) is 0.930. The molecular formula is C20H28N2O. The van der Waals surface area contributed by atoms with E-state index in [0.29, 0.717) is 23.7 Å². The minimum atomic E-state index is 0.213. The van der Waals surface area contributed by atoms with Crippen molar-refractivity contribution in [2.24, 2.45) is 17.8 Å². The second-order valence-corrected chi connectivity index (χ2v) is 7.48. The van der Waals surface area contributed by atoms with Crippen LogP contribution in [0.3, 0.4) is 0 Å². The first-order valence-corrected chi connectivity index (χ1v) is 9.39. The molecular weight excluding hydrogens is 284 g/mol. The summed E-state index contributed by atoms with van der Waals surface area (Å²) >= 11 is 0. The van der Waals surface area contributed by atoms with Crippen molar-refractivity contribution < 1.29 is 4.79 Å². The smallest absolute Gasteiger partial charge is 0.226 e. The molecule has 3 unspecified atom stereocenters. The number of rotatable bonds is 3. The van der Waals surface area contributed by atoms with E-state index in [1.165, 1.54) is 36.8 Å². The standard InChI is InChI=1S/C20H28N2O/c1-2-14-7-9-15(10-8-14)18-13-21-11-12-22(18)20(23)19-16-5-3-4-6-17(16)19/h7-10,16-19,21H,2-6,11-13H2,1H3. The number of piperazine rings is 1. The third-order valence-corrected chi connectivity index (χ3v) is 6.24. The normalized spacial score (nSPS) is 33.2. The maximum atomic E-state index is 13.1. The van der Waals surface area contributed by atoms with Crippen molar-refractivity contribution in [2.45, 2.75) is 45.1 Å². The van der Waals surface area contributed by atoms with E-state index >= 15 is 0 Å². The number of benzene rings is 1. The van der Waals surface area contributed by atoms with Crippen molar-refractivity contribution in [1.82, 2.24) is 10.2 Å². The van der Waals surface area contributed by atoms with E-state index in [1.54, 1.807) is 0 Å². The molecule has 1 heterocycles. The van der Waals surface area contributed by atoms with Gasteiger partial charge in [0.2, 0.25) is 5.91 Å². The Morgan fingerprint density at radius 1 is 1.17 bits per heavy atom. The third-order valence-electron chi connectivity index (χ3n) is 6.24. The van der Waals surface area contributed by atoms with Gasteiger partial charge in [-0.2, -0.15) is 0 Å². The highest BCUT2D eigenvalue weighted by molar-refractivity contribution is 5.83. The summed E-state index contributed by atoms with van der Waals surface area (Å²) in [4.78, 5) is 15.3. The molecule has 1 aliphatic heterocycles. The van der Waals surface area contributed by atoms with Crippen LogP contribution in [0.15, 0.2) is 24.3 Å². The summed E-state index contributed by atoms with van der Waals surface area (Å²) in [5.41, 5.74) is 2.65. The van der Waals surface area contributed by atoms with Crippen LogP contribution in [0.2, 0.25) is 0 Å². The average Bonchev–Trinajstić information content (AvgIpc) is 3.35. The van der Waals surface area contributed by atoms with Crippen LogP contribution >= 0.6 is 0 Å². The fourth-order valence-corrected chi connectivity index (χ4v) is 4.79. The minimum absolute atomic E-state index is 0.213. The molecule has 1 saturated heterocycles. The molecule has 1 aromatic carbocycles. The molecule has 4 rings (SSSR count). The first kappa shape index (κ1) is 15.2. The highest BCUT2D eigenvalue weighted by Gasteiger charge is 2.56. The van der Waals surface area contributed by atoms with E-state index < -0.39 is 0 Å². The van der Waals surface area contributed by atoms with Crippen LogP contribution in [0.1, 0.15) is 49.8 Å².